The molecule has 0 aliphatic heterocycles. The summed E-state index contributed by atoms with van der Waals surface area (Å²) in [6.45, 7) is 5.57. The zero-order valence-corrected chi connectivity index (χ0v) is 16.4. The van der Waals surface area contributed by atoms with Gasteiger partial charge in [-0.25, -0.2) is 4.98 Å². The number of carbonyl (C=O) groups excluding carboxylic acids is 4. The fourth-order valence-electron chi connectivity index (χ4n) is 1.89. The quantitative estimate of drug-likeness (QED) is 0.242. The van der Waals surface area contributed by atoms with Crippen LogP contribution < -0.4 is 27.0 Å². The molecular formula is C16H26N6O4S. The van der Waals surface area contributed by atoms with Crippen LogP contribution in [0.5, 0.6) is 0 Å². The molecule has 6 N–H and O–H groups in total. The lowest BCUT2D eigenvalue weighted by Gasteiger charge is -2.19. The summed E-state index contributed by atoms with van der Waals surface area (Å²) in [5.74, 6) is -1.24. The van der Waals surface area contributed by atoms with E-state index in [1.807, 2.05) is 0 Å². The molecule has 1 heterocycles. The van der Waals surface area contributed by atoms with Crippen molar-refractivity contribution in [1.29, 1.82) is 0 Å². The SMILES string of the molecule is C[C@H](N)C(=O)N[C@@H](C)C(=O)N[C@@H](C)C(=O)NCCCNc1ncc(C=O)s1. The maximum atomic E-state index is 12.0. The molecule has 0 radical (unpaired) electrons. The lowest BCUT2D eigenvalue weighted by atomic mass is 10.2. The Morgan fingerprint density at radius 2 is 1.74 bits per heavy atom. The van der Waals surface area contributed by atoms with Gasteiger partial charge in [0, 0.05) is 13.1 Å². The number of carbonyl (C=O) groups is 4. The zero-order valence-electron chi connectivity index (χ0n) is 15.6. The van der Waals surface area contributed by atoms with Crippen LogP contribution in [-0.4, -0.2) is 60.2 Å². The number of aldehydes is 1. The molecule has 0 spiro atoms. The van der Waals surface area contributed by atoms with Gasteiger partial charge in [0.15, 0.2) is 11.4 Å². The number of amides is 3. The van der Waals surface area contributed by atoms with Crippen LogP contribution in [0.4, 0.5) is 5.13 Å². The van der Waals surface area contributed by atoms with E-state index in [4.69, 9.17) is 5.73 Å². The highest BCUT2D eigenvalue weighted by Gasteiger charge is 2.21. The van der Waals surface area contributed by atoms with E-state index >= 15 is 0 Å². The van der Waals surface area contributed by atoms with Crippen molar-refractivity contribution in [3.05, 3.63) is 11.1 Å². The number of hydrogen-bond acceptors (Lipinski definition) is 8. The van der Waals surface area contributed by atoms with Crippen molar-refractivity contribution in [1.82, 2.24) is 20.9 Å². The van der Waals surface area contributed by atoms with Crippen molar-refractivity contribution in [2.45, 2.75) is 45.3 Å². The van der Waals surface area contributed by atoms with Crippen LogP contribution >= 0.6 is 11.3 Å². The molecule has 1 aromatic heterocycles. The first kappa shape index (κ1) is 22.5. The van der Waals surface area contributed by atoms with Crippen molar-refractivity contribution < 1.29 is 19.2 Å². The van der Waals surface area contributed by atoms with Gasteiger partial charge in [0.2, 0.25) is 17.7 Å². The Balaban J connectivity index is 2.24. The summed E-state index contributed by atoms with van der Waals surface area (Å²) < 4.78 is 0. The maximum Gasteiger partial charge on any atom is 0.242 e. The summed E-state index contributed by atoms with van der Waals surface area (Å²) in [4.78, 5) is 50.6. The number of nitrogens with two attached hydrogens (primary N) is 1. The van der Waals surface area contributed by atoms with Gasteiger partial charge in [-0.15, -0.1) is 0 Å². The highest BCUT2D eigenvalue weighted by Crippen LogP contribution is 2.15. The van der Waals surface area contributed by atoms with Gasteiger partial charge in [-0.05, 0) is 27.2 Å². The smallest absolute Gasteiger partial charge is 0.242 e. The molecule has 3 atom stereocenters. The second kappa shape index (κ2) is 11.2. The lowest BCUT2D eigenvalue weighted by molar-refractivity contribution is -0.131. The summed E-state index contributed by atoms with van der Waals surface area (Å²) in [7, 11) is 0. The van der Waals surface area contributed by atoms with Crippen LogP contribution in [0.1, 0.15) is 36.9 Å². The molecule has 150 valence electrons. The molecule has 11 heteroatoms. The monoisotopic (exact) mass is 398 g/mol. The number of thiazole rings is 1. The third-order valence-electron chi connectivity index (χ3n) is 3.49. The molecule has 10 nitrogen and oxygen atoms in total. The molecular weight excluding hydrogens is 372 g/mol. The van der Waals surface area contributed by atoms with Crippen LogP contribution in [0.3, 0.4) is 0 Å². The first-order valence-electron chi connectivity index (χ1n) is 8.53. The molecule has 0 bridgehead atoms. The molecule has 0 saturated carbocycles. The fraction of sp³-hybridized carbons (Fsp3) is 0.562. The van der Waals surface area contributed by atoms with E-state index in [1.54, 1.807) is 6.92 Å². The van der Waals surface area contributed by atoms with E-state index in [-0.39, 0.29) is 5.91 Å². The summed E-state index contributed by atoms with van der Waals surface area (Å²) >= 11 is 1.25. The zero-order chi connectivity index (χ0) is 20.4. The van der Waals surface area contributed by atoms with E-state index in [9.17, 15) is 19.2 Å². The topological polar surface area (TPSA) is 155 Å². The first-order valence-corrected chi connectivity index (χ1v) is 9.35. The minimum absolute atomic E-state index is 0.327. The van der Waals surface area contributed by atoms with Crippen LogP contribution in [0, 0.1) is 0 Å². The molecule has 0 fully saturated rings. The van der Waals surface area contributed by atoms with Gasteiger partial charge in [-0.3, -0.25) is 19.2 Å². The molecule has 0 aromatic carbocycles. The Labute approximate surface area is 161 Å². The Morgan fingerprint density at radius 1 is 1.11 bits per heavy atom. The molecule has 27 heavy (non-hydrogen) atoms. The summed E-state index contributed by atoms with van der Waals surface area (Å²) in [5.41, 5.74) is 5.43. The first-order chi connectivity index (χ1) is 12.7. The summed E-state index contributed by atoms with van der Waals surface area (Å²) in [6.07, 6.45) is 2.87. The molecule has 3 amide bonds. The predicted octanol–water partition coefficient (Wildman–Crippen LogP) is -0.770. The second-order valence-electron chi connectivity index (χ2n) is 6.01. The normalized spacial score (nSPS) is 13.8. The van der Waals surface area contributed by atoms with Crippen molar-refractivity contribution in [3.63, 3.8) is 0 Å². The van der Waals surface area contributed by atoms with E-state index < -0.39 is 29.9 Å². The maximum absolute atomic E-state index is 12.0. The molecule has 1 aromatic rings. The minimum Gasteiger partial charge on any atom is -0.361 e. The van der Waals surface area contributed by atoms with Crippen LogP contribution in [0.15, 0.2) is 6.20 Å². The average Bonchev–Trinajstić information content (AvgIpc) is 3.08. The number of nitrogens with one attached hydrogen (secondary N) is 4. The highest BCUT2D eigenvalue weighted by molar-refractivity contribution is 7.17. The van der Waals surface area contributed by atoms with Gasteiger partial charge in [0.25, 0.3) is 0 Å². The van der Waals surface area contributed by atoms with Crippen molar-refractivity contribution in [3.8, 4) is 0 Å². The van der Waals surface area contributed by atoms with Crippen molar-refractivity contribution in [2.75, 3.05) is 18.4 Å². The summed E-state index contributed by atoms with van der Waals surface area (Å²) in [5, 5.41) is 11.4. The molecule has 0 unspecified atom stereocenters. The van der Waals surface area contributed by atoms with Gasteiger partial charge in [-0.1, -0.05) is 11.3 Å². The Hall–Kier alpha value is -2.53. The van der Waals surface area contributed by atoms with Gasteiger partial charge < -0.3 is 27.0 Å². The van der Waals surface area contributed by atoms with Gasteiger partial charge in [0.1, 0.15) is 12.1 Å². The Bertz CT molecular complexity index is 663. The Kier molecular flexibility index (Phi) is 9.37. The molecule has 0 aliphatic carbocycles. The fourth-order valence-corrected chi connectivity index (χ4v) is 2.54. The standard InChI is InChI=1S/C16H26N6O4S/c1-9(17)13(24)21-11(3)15(26)22-10(2)14(25)18-5-4-6-19-16-20-7-12(8-23)27-16/h7-11H,4-6,17H2,1-3H3,(H,18,25)(H,19,20)(H,21,24)(H,22,26)/t9-,10-,11-/m0/s1. The van der Waals surface area contributed by atoms with Gasteiger partial charge >= 0.3 is 0 Å². The number of nitrogens with zero attached hydrogens (tertiary/aromatic N) is 1. The van der Waals surface area contributed by atoms with Gasteiger partial charge in [0.05, 0.1) is 17.1 Å². The number of hydrogen-bond donors (Lipinski definition) is 5. The minimum atomic E-state index is -0.794. The van der Waals surface area contributed by atoms with E-state index in [0.29, 0.717) is 29.5 Å². The van der Waals surface area contributed by atoms with E-state index in [2.05, 4.69) is 26.3 Å². The second-order valence-corrected chi connectivity index (χ2v) is 7.07. The van der Waals surface area contributed by atoms with Crippen molar-refractivity contribution >= 4 is 40.5 Å². The predicted molar refractivity (Wildman–Crippen MR) is 102 cm³/mol. The average molecular weight is 398 g/mol. The number of anilines is 1. The molecule has 0 aliphatic rings. The van der Waals surface area contributed by atoms with Crippen molar-refractivity contribution in [2.24, 2.45) is 5.73 Å². The number of aromatic nitrogens is 1. The highest BCUT2D eigenvalue weighted by atomic mass is 32.1. The molecule has 1 rings (SSSR count). The van der Waals surface area contributed by atoms with E-state index in [1.165, 1.54) is 31.4 Å². The largest absolute Gasteiger partial charge is 0.361 e. The third kappa shape index (κ3) is 8.13. The summed E-state index contributed by atoms with van der Waals surface area (Å²) in [6, 6.07) is -2.25. The van der Waals surface area contributed by atoms with Crippen LogP contribution in [-0.2, 0) is 14.4 Å². The number of rotatable bonds is 11. The van der Waals surface area contributed by atoms with Crippen LogP contribution in [0.2, 0.25) is 0 Å². The Morgan fingerprint density at radius 3 is 2.33 bits per heavy atom. The third-order valence-corrected chi connectivity index (χ3v) is 4.37. The van der Waals surface area contributed by atoms with Crippen LogP contribution in [0.25, 0.3) is 0 Å². The van der Waals surface area contributed by atoms with Gasteiger partial charge in [-0.2, -0.15) is 0 Å². The van der Waals surface area contributed by atoms with E-state index in [0.717, 1.165) is 6.29 Å². The molecule has 0 saturated heterocycles. The lowest BCUT2D eigenvalue weighted by Crippen LogP contribution is -2.53.